The topological polar surface area (TPSA) is 136 Å². The molecule has 0 bridgehead atoms. The number of nitrogens with one attached hydrogen (secondary N) is 1. The average molecular weight is 231 g/mol. The van der Waals surface area contributed by atoms with Crippen LogP contribution in [0.25, 0.3) is 0 Å². The van der Waals surface area contributed by atoms with Gasteiger partial charge in [-0.05, 0) is 5.92 Å². The molecule has 1 unspecified atom stereocenters. The number of aliphatic carboxylic acids is 1. The lowest BCUT2D eigenvalue weighted by molar-refractivity contribution is -0.143. The van der Waals surface area contributed by atoms with Gasteiger partial charge in [-0.25, -0.2) is 4.79 Å². The van der Waals surface area contributed by atoms with Crippen LogP contribution in [0.15, 0.2) is 0 Å². The van der Waals surface area contributed by atoms with Crippen molar-refractivity contribution in [1.82, 2.24) is 5.32 Å². The number of hydrogen-bond acceptors (Lipinski definition) is 4. The van der Waals surface area contributed by atoms with Crippen molar-refractivity contribution in [3.63, 3.8) is 0 Å². The molecule has 0 rings (SSSR count). The van der Waals surface area contributed by atoms with Crippen molar-refractivity contribution in [3.8, 4) is 0 Å². The van der Waals surface area contributed by atoms with E-state index in [2.05, 4.69) is 5.32 Å². The molecule has 0 aromatic carbocycles. The Bertz CT molecular complexity index is 290. The minimum absolute atomic E-state index is 0.122. The van der Waals surface area contributed by atoms with Gasteiger partial charge in [-0.15, -0.1) is 0 Å². The summed E-state index contributed by atoms with van der Waals surface area (Å²) in [6, 6.07) is -2.13. The number of carbonyl (C=O) groups is 3. The number of hydrogen-bond donors (Lipinski definition) is 4. The molecule has 0 radical (unpaired) electrons. The van der Waals surface area contributed by atoms with Crippen molar-refractivity contribution in [2.45, 2.75) is 32.4 Å². The molecule has 0 aromatic rings. The molecule has 0 spiro atoms. The molecule has 0 aliphatic carbocycles. The van der Waals surface area contributed by atoms with Crippen LogP contribution in [0.3, 0.4) is 0 Å². The number of nitrogens with two attached hydrogens (primary N) is 2. The van der Waals surface area contributed by atoms with E-state index in [9.17, 15) is 14.4 Å². The van der Waals surface area contributed by atoms with Crippen LogP contribution in [0.5, 0.6) is 0 Å². The standard InChI is InChI=1S/C9H17N3O4/c1-4(2)7(11)8(14)12-5(9(15)16)3-6(10)13/h4-5,7H,3,11H2,1-2H3,(H2,10,13)(H,12,14)(H,15,16)/t5-,7?/m1/s1. The van der Waals surface area contributed by atoms with Crippen molar-refractivity contribution in [2.75, 3.05) is 0 Å². The van der Waals surface area contributed by atoms with Gasteiger partial charge in [0, 0.05) is 0 Å². The van der Waals surface area contributed by atoms with Gasteiger partial charge in [0.15, 0.2) is 0 Å². The number of primary amides is 1. The normalized spacial score (nSPS) is 14.2. The molecule has 7 heteroatoms. The molecule has 0 saturated heterocycles. The average Bonchev–Trinajstić information content (AvgIpc) is 2.14. The van der Waals surface area contributed by atoms with Crippen LogP contribution in [-0.4, -0.2) is 35.0 Å². The Balaban J connectivity index is 4.46. The molecule has 0 aliphatic heterocycles. The number of rotatable bonds is 6. The summed E-state index contributed by atoms with van der Waals surface area (Å²) in [6.07, 6.45) is -0.452. The van der Waals surface area contributed by atoms with E-state index >= 15 is 0 Å². The van der Waals surface area contributed by atoms with E-state index in [0.29, 0.717) is 0 Å². The quantitative estimate of drug-likeness (QED) is 0.437. The van der Waals surface area contributed by atoms with E-state index in [-0.39, 0.29) is 5.92 Å². The fourth-order valence-corrected chi connectivity index (χ4v) is 0.972. The van der Waals surface area contributed by atoms with Crippen LogP contribution in [0.2, 0.25) is 0 Å². The molecule has 92 valence electrons. The van der Waals surface area contributed by atoms with Crippen molar-refractivity contribution < 1.29 is 19.5 Å². The highest BCUT2D eigenvalue weighted by molar-refractivity contribution is 5.90. The molecule has 6 N–H and O–H groups in total. The Labute approximate surface area is 93.2 Å². The van der Waals surface area contributed by atoms with Crippen LogP contribution in [-0.2, 0) is 14.4 Å². The van der Waals surface area contributed by atoms with Crippen molar-refractivity contribution in [3.05, 3.63) is 0 Å². The molecule has 0 fully saturated rings. The largest absolute Gasteiger partial charge is 0.480 e. The molecular weight excluding hydrogens is 214 g/mol. The summed E-state index contributed by atoms with van der Waals surface area (Å²) in [4.78, 5) is 32.7. The third-order valence-corrected chi connectivity index (χ3v) is 2.04. The van der Waals surface area contributed by atoms with Crippen molar-refractivity contribution >= 4 is 17.8 Å². The fourth-order valence-electron chi connectivity index (χ4n) is 0.972. The molecule has 0 heterocycles. The molecule has 2 atom stereocenters. The summed E-state index contributed by atoms with van der Waals surface area (Å²) < 4.78 is 0. The van der Waals surface area contributed by atoms with E-state index in [1.165, 1.54) is 0 Å². The van der Waals surface area contributed by atoms with Gasteiger partial charge in [-0.3, -0.25) is 9.59 Å². The summed E-state index contributed by atoms with van der Waals surface area (Å²) in [5.41, 5.74) is 10.4. The molecule has 0 aliphatic rings. The number of amides is 2. The molecule has 7 nitrogen and oxygen atoms in total. The summed E-state index contributed by atoms with van der Waals surface area (Å²) in [5.74, 6) is -2.85. The number of carboxylic acids is 1. The smallest absolute Gasteiger partial charge is 0.326 e. The lowest BCUT2D eigenvalue weighted by Crippen LogP contribution is -2.51. The monoisotopic (exact) mass is 231 g/mol. The second-order valence-electron chi connectivity index (χ2n) is 3.84. The van der Waals surface area contributed by atoms with Crippen LogP contribution in [0, 0.1) is 5.92 Å². The van der Waals surface area contributed by atoms with Gasteiger partial charge in [-0.1, -0.05) is 13.8 Å². The molecule has 16 heavy (non-hydrogen) atoms. The Morgan fingerprint density at radius 1 is 1.31 bits per heavy atom. The Kier molecular flexibility index (Phi) is 5.44. The van der Waals surface area contributed by atoms with Crippen molar-refractivity contribution in [2.24, 2.45) is 17.4 Å². The Morgan fingerprint density at radius 3 is 2.12 bits per heavy atom. The zero-order chi connectivity index (χ0) is 12.9. The lowest BCUT2D eigenvalue weighted by Gasteiger charge is -2.18. The predicted octanol–water partition coefficient (Wildman–Crippen LogP) is -1.59. The lowest BCUT2D eigenvalue weighted by atomic mass is 10.0. The first-order valence-corrected chi connectivity index (χ1v) is 4.82. The van der Waals surface area contributed by atoms with Crippen molar-refractivity contribution in [1.29, 1.82) is 0 Å². The number of carbonyl (C=O) groups excluding carboxylic acids is 2. The first kappa shape index (κ1) is 14.4. The van der Waals surface area contributed by atoms with Crippen LogP contribution < -0.4 is 16.8 Å². The summed E-state index contributed by atoms with van der Waals surface area (Å²) in [5, 5.41) is 10.9. The van der Waals surface area contributed by atoms with E-state index in [1.54, 1.807) is 13.8 Å². The van der Waals surface area contributed by atoms with Crippen LogP contribution in [0.4, 0.5) is 0 Å². The summed E-state index contributed by atoms with van der Waals surface area (Å²) in [7, 11) is 0. The highest BCUT2D eigenvalue weighted by Crippen LogP contribution is 2.00. The SMILES string of the molecule is CC(C)C(N)C(=O)N[C@H](CC(N)=O)C(=O)O. The maximum absolute atomic E-state index is 11.4. The van der Waals surface area contributed by atoms with Gasteiger partial charge >= 0.3 is 5.97 Å². The second kappa shape index (κ2) is 6.06. The molecule has 2 amide bonds. The highest BCUT2D eigenvalue weighted by Gasteiger charge is 2.25. The summed E-state index contributed by atoms with van der Waals surface area (Å²) in [6.45, 7) is 3.46. The van der Waals surface area contributed by atoms with Gasteiger partial charge in [0.05, 0.1) is 12.5 Å². The van der Waals surface area contributed by atoms with Gasteiger partial charge in [0.2, 0.25) is 11.8 Å². The third kappa shape index (κ3) is 4.74. The Hall–Kier alpha value is -1.63. The predicted molar refractivity (Wildman–Crippen MR) is 56.2 cm³/mol. The zero-order valence-corrected chi connectivity index (χ0v) is 9.27. The molecular formula is C9H17N3O4. The van der Waals surface area contributed by atoms with Crippen LogP contribution >= 0.6 is 0 Å². The zero-order valence-electron chi connectivity index (χ0n) is 9.27. The second-order valence-corrected chi connectivity index (χ2v) is 3.84. The minimum Gasteiger partial charge on any atom is -0.480 e. The summed E-state index contributed by atoms with van der Waals surface area (Å²) >= 11 is 0. The molecule has 0 aromatic heterocycles. The fraction of sp³-hybridized carbons (Fsp3) is 0.667. The van der Waals surface area contributed by atoms with Gasteiger partial charge in [0.25, 0.3) is 0 Å². The van der Waals surface area contributed by atoms with Crippen LogP contribution in [0.1, 0.15) is 20.3 Å². The van der Waals surface area contributed by atoms with E-state index in [0.717, 1.165) is 0 Å². The maximum Gasteiger partial charge on any atom is 0.326 e. The number of carboxylic acid groups (broad SMARTS) is 1. The first-order valence-electron chi connectivity index (χ1n) is 4.82. The van der Waals surface area contributed by atoms with E-state index < -0.39 is 36.3 Å². The Morgan fingerprint density at radius 2 is 1.81 bits per heavy atom. The first-order chi connectivity index (χ1) is 7.25. The van der Waals surface area contributed by atoms with Gasteiger partial charge in [-0.2, -0.15) is 0 Å². The van der Waals surface area contributed by atoms with E-state index in [4.69, 9.17) is 16.6 Å². The van der Waals surface area contributed by atoms with Gasteiger partial charge in [0.1, 0.15) is 6.04 Å². The van der Waals surface area contributed by atoms with Gasteiger partial charge < -0.3 is 21.9 Å². The molecule has 0 saturated carbocycles. The van der Waals surface area contributed by atoms with E-state index in [1.807, 2.05) is 0 Å². The highest BCUT2D eigenvalue weighted by atomic mass is 16.4. The minimum atomic E-state index is -1.32. The third-order valence-electron chi connectivity index (χ3n) is 2.04. The maximum atomic E-state index is 11.4.